The Morgan fingerprint density at radius 1 is 0.955 bits per heavy atom. The van der Waals surface area contributed by atoms with Crippen LogP contribution >= 0.6 is 0 Å². The van der Waals surface area contributed by atoms with E-state index in [1.54, 1.807) is 6.08 Å². The van der Waals surface area contributed by atoms with Crippen molar-refractivity contribution in [2.24, 2.45) is 5.92 Å². The van der Waals surface area contributed by atoms with E-state index in [4.69, 9.17) is 4.74 Å². The summed E-state index contributed by atoms with van der Waals surface area (Å²) in [6.45, 7) is 13.2. The molecule has 1 unspecified atom stereocenters. The molecule has 0 heterocycles. The number of carbonyl (C=O) groups excluding carboxylic acids is 1. The van der Waals surface area contributed by atoms with E-state index in [0.29, 0.717) is 12.5 Å². The van der Waals surface area contributed by atoms with Gasteiger partial charge in [-0.1, -0.05) is 35.8 Å². The molecule has 0 aromatic heterocycles. The Balaban J connectivity index is 3.88. The summed E-state index contributed by atoms with van der Waals surface area (Å²) < 4.78 is 5.29. The van der Waals surface area contributed by atoms with Crippen LogP contribution in [0.25, 0.3) is 0 Å². The van der Waals surface area contributed by atoms with Gasteiger partial charge in [0.15, 0.2) is 0 Å². The Labute approximate surface area is 137 Å². The summed E-state index contributed by atoms with van der Waals surface area (Å²) in [5, 5.41) is 0. The van der Waals surface area contributed by atoms with Crippen LogP contribution in [0, 0.1) is 5.92 Å². The summed E-state index contributed by atoms with van der Waals surface area (Å²) >= 11 is 0. The fourth-order valence-electron chi connectivity index (χ4n) is 2.07. The van der Waals surface area contributed by atoms with E-state index in [2.05, 4.69) is 46.8 Å². The molecule has 0 spiro atoms. The molecule has 0 aliphatic heterocycles. The van der Waals surface area contributed by atoms with Crippen molar-refractivity contribution >= 4 is 5.97 Å². The van der Waals surface area contributed by atoms with Crippen molar-refractivity contribution in [1.29, 1.82) is 0 Å². The van der Waals surface area contributed by atoms with Crippen LogP contribution in [0.5, 0.6) is 0 Å². The molecule has 0 fully saturated rings. The highest BCUT2D eigenvalue weighted by Gasteiger charge is 2.04. The predicted molar refractivity (Wildman–Crippen MR) is 95.8 cm³/mol. The third kappa shape index (κ3) is 13.7. The van der Waals surface area contributed by atoms with Crippen LogP contribution in [-0.4, -0.2) is 12.6 Å². The standard InChI is InChI=1S/C20H34O2/c1-16(2)9-7-11-18(5)13-14-22-20(21)15-19(6)12-8-10-17(3)4/h9-10,15,18H,7-8,11-14H2,1-6H3/b19-15+. The van der Waals surface area contributed by atoms with Gasteiger partial charge in [0.2, 0.25) is 0 Å². The number of rotatable bonds is 10. The minimum Gasteiger partial charge on any atom is -0.463 e. The molecule has 0 amide bonds. The van der Waals surface area contributed by atoms with Gasteiger partial charge in [-0.3, -0.25) is 0 Å². The molecule has 0 aromatic rings. The number of hydrogen-bond donors (Lipinski definition) is 0. The van der Waals surface area contributed by atoms with Crippen LogP contribution in [0.2, 0.25) is 0 Å². The zero-order chi connectivity index (χ0) is 17.0. The Kier molecular flexibility index (Phi) is 11.5. The molecule has 0 aromatic carbocycles. The highest BCUT2D eigenvalue weighted by molar-refractivity contribution is 5.82. The molecule has 0 saturated heterocycles. The van der Waals surface area contributed by atoms with Crippen molar-refractivity contribution in [2.45, 2.75) is 73.6 Å². The van der Waals surface area contributed by atoms with E-state index >= 15 is 0 Å². The zero-order valence-electron chi connectivity index (χ0n) is 15.4. The van der Waals surface area contributed by atoms with E-state index in [0.717, 1.165) is 37.7 Å². The molecule has 0 saturated carbocycles. The number of ether oxygens (including phenoxy) is 1. The quantitative estimate of drug-likeness (QED) is 0.281. The lowest BCUT2D eigenvalue weighted by atomic mass is 10.0. The minimum atomic E-state index is -0.203. The highest BCUT2D eigenvalue weighted by atomic mass is 16.5. The average Bonchev–Trinajstić information content (AvgIpc) is 2.37. The molecule has 1 atom stereocenters. The third-order valence-corrected chi connectivity index (χ3v) is 3.52. The maximum atomic E-state index is 11.7. The van der Waals surface area contributed by atoms with Gasteiger partial charge in [0, 0.05) is 6.08 Å². The van der Waals surface area contributed by atoms with Gasteiger partial charge in [0.1, 0.15) is 0 Å². The number of carbonyl (C=O) groups is 1. The second-order valence-electron chi connectivity index (χ2n) is 6.73. The van der Waals surface area contributed by atoms with Gasteiger partial charge in [-0.15, -0.1) is 0 Å². The first kappa shape index (κ1) is 20.7. The second kappa shape index (κ2) is 12.3. The number of allylic oxidation sites excluding steroid dienone is 5. The molecular formula is C20H34O2. The lowest BCUT2D eigenvalue weighted by molar-refractivity contribution is -0.138. The largest absolute Gasteiger partial charge is 0.463 e. The molecule has 126 valence electrons. The van der Waals surface area contributed by atoms with Gasteiger partial charge in [-0.2, -0.15) is 0 Å². The first-order valence-corrected chi connectivity index (χ1v) is 8.42. The summed E-state index contributed by atoms with van der Waals surface area (Å²) in [6.07, 6.45) is 11.2. The molecule has 0 N–H and O–H groups in total. The Hall–Kier alpha value is -1.31. The van der Waals surface area contributed by atoms with Crippen molar-refractivity contribution in [1.82, 2.24) is 0 Å². The Morgan fingerprint density at radius 3 is 2.14 bits per heavy atom. The van der Waals surface area contributed by atoms with Gasteiger partial charge >= 0.3 is 5.97 Å². The molecule has 0 radical (unpaired) electrons. The normalized spacial score (nSPS) is 12.5. The van der Waals surface area contributed by atoms with Crippen molar-refractivity contribution in [3.05, 3.63) is 34.9 Å². The van der Waals surface area contributed by atoms with Crippen LogP contribution in [-0.2, 0) is 9.53 Å². The van der Waals surface area contributed by atoms with E-state index in [1.807, 2.05) is 6.92 Å². The molecule has 0 aliphatic carbocycles. The van der Waals surface area contributed by atoms with Crippen LogP contribution < -0.4 is 0 Å². The molecule has 0 aliphatic rings. The first-order chi connectivity index (χ1) is 10.3. The fraction of sp³-hybridized carbons (Fsp3) is 0.650. The van der Waals surface area contributed by atoms with Crippen LogP contribution in [0.1, 0.15) is 73.6 Å². The number of esters is 1. The summed E-state index contributed by atoms with van der Waals surface area (Å²) in [5.74, 6) is 0.386. The summed E-state index contributed by atoms with van der Waals surface area (Å²) in [5.41, 5.74) is 3.77. The Bertz CT molecular complexity index is 405. The summed E-state index contributed by atoms with van der Waals surface area (Å²) in [7, 11) is 0. The smallest absolute Gasteiger partial charge is 0.330 e. The lowest BCUT2D eigenvalue weighted by Crippen LogP contribution is -2.07. The first-order valence-electron chi connectivity index (χ1n) is 8.42. The van der Waals surface area contributed by atoms with Crippen molar-refractivity contribution in [3.8, 4) is 0 Å². The maximum absolute atomic E-state index is 11.7. The van der Waals surface area contributed by atoms with Gasteiger partial charge in [-0.25, -0.2) is 4.79 Å². The molecule has 0 rings (SSSR count). The molecule has 2 heteroatoms. The van der Waals surface area contributed by atoms with E-state index in [1.165, 1.54) is 11.1 Å². The predicted octanol–water partition coefficient (Wildman–Crippen LogP) is 5.99. The van der Waals surface area contributed by atoms with Gasteiger partial charge in [-0.05, 0) is 72.6 Å². The average molecular weight is 306 g/mol. The highest BCUT2D eigenvalue weighted by Crippen LogP contribution is 2.12. The second-order valence-corrected chi connectivity index (χ2v) is 6.73. The van der Waals surface area contributed by atoms with Crippen molar-refractivity contribution < 1.29 is 9.53 Å². The van der Waals surface area contributed by atoms with Gasteiger partial charge < -0.3 is 4.74 Å². The van der Waals surface area contributed by atoms with Gasteiger partial charge in [0.25, 0.3) is 0 Å². The molecule has 0 bridgehead atoms. The van der Waals surface area contributed by atoms with Crippen molar-refractivity contribution in [3.63, 3.8) is 0 Å². The molecular weight excluding hydrogens is 272 g/mol. The number of hydrogen-bond acceptors (Lipinski definition) is 2. The van der Waals surface area contributed by atoms with Crippen LogP contribution in [0.15, 0.2) is 34.9 Å². The van der Waals surface area contributed by atoms with E-state index in [9.17, 15) is 4.79 Å². The maximum Gasteiger partial charge on any atom is 0.330 e. The summed E-state index contributed by atoms with van der Waals surface area (Å²) in [4.78, 5) is 11.7. The van der Waals surface area contributed by atoms with Crippen LogP contribution in [0.4, 0.5) is 0 Å². The Morgan fingerprint density at radius 2 is 1.55 bits per heavy atom. The monoisotopic (exact) mass is 306 g/mol. The fourth-order valence-corrected chi connectivity index (χ4v) is 2.07. The molecule has 22 heavy (non-hydrogen) atoms. The summed E-state index contributed by atoms with van der Waals surface area (Å²) in [6, 6.07) is 0. The van der Waals surface area contributed by atoms with Gasteiger partial charge in [0.05, 0.1) is 6.61 Å². The third-order valence-electron chi connectivity index (χ3n) is 3.52. The molecule has 2 nitrogen and oxygen atoms in total. The lowest BCUT2D eigenvalue weighted by Gasteiger charge is -2.10. The van der Waals surface area contributed by atoms with E-state index < -0.39 is 0 Å². The van der Waals surface area contributed by atoms with Crippen molar-refractivity contribution in [2.75, 3.05) is 6.61 Å². The minimum absolute atomic E-state index is 0.203. The topological polar surface area (TPSA) is 26.3 Å². The van der Waals surface area contributed by atoms with Crippen LogP contribution in [0.3, 0.4) is 0 Å². The van der Waals surface area contributed by atoms with E-state index in [-0.39, 0.29) is 5.97 Å². The zero-order valence-corrected chi connectivity index (χ0v) is 15.4. The SMILES string of the molecule is CC(C)=CCC/C(C)=C/C(=O)OCCC(C)CCC=C(C)C.